The molecule has 23 heavy (non-hydrogen) atoms. The van der Waals surface area contributed by atoms with Crippen LogP contribution in [-0.4, -0.2) is 13.7 Å². The van der Waals surface area contributed by atoms with Crippen LogP contribution in [0.3, 0.4) is 0 Å². The quantitative estimate of drug-likeness (QED) is 0.736. The van der Waals surface area contributed by atoms with Gasteiger partial charge < -0.3 is 9.64 Å². The molecule has 0 aromatic heterocycles. The van der Waals surface area contributed by atoms with Gasteiger partial charge in [-0.1, -0.05) is 60.7 Å². The number of quaternary nitrogens is 1. The zero-order chi connectivity index (χ0) is 16.1. The first-order valence-corrected chi connectivity index (χ1v) is 8.24. The van der Waals surface area contributed by atoms with Crippen molar-refractivity contribution >= 4 is 10.8 Å². The van der Waals surface area contributed by atoms with Crippen molar-refractivity contribution in [2.75, 3.05) is 13.7 Å². The molecule has 2 nitrogen and oxygen atoms in total. The maximum absolute atomic E-state index is 5.64. The maximum Gasteiger partial charge on any atom is 0.128 e. The van der Waals surface area contributed by atoms with Crippen molar-refractivity contribution in [1.82, 2.24) is 0 Å². The Kier molecular flexibility index (Phi) is 4.94. The molecule has 3 rings (SSSR count). The fourth-order valence-corrected chi connectivity index (χ4v) is 3.14. The molecule has 0 heterocycles. The molecule has 3 aromatic rings. The molecule has 2 heteroatoms. The highest BCUT2D eigenvalue weighted by atomic mass is 16.5. The predicted octanol–water partition coefficient (Wildman–Crippen LogP) is 3.45. The standard InChI is InChI=1S/C21H23NO/c1-3-22(15-17-9-5-4-6-10-17)16-20-19-12-8-7-11-18(19)13-14-21(20)23-2/h4-14H,3,15-16H2,1-2H3/p+1. The summed E-state index contributed by atoms with van der Waals surface area (Å²) in [7, 11) is 1.76. The number of hydrogen-bond acceptors (Lipinski definition) is 1. The second-order valence-electron chi connectivity index (χ2n) is 5.91. The normalized spacial score (nSPS) is 12.3. The van der Waals surface area contributed by atoms with Crippen LogP contribution >= 0.6 is 0 Å². The van der Waals surface area contributed by atoms with Gasteiger partial charge in [0.2, 0.25) is 0 Å². The molecule has 1 atom stereocenters. The number of ether oxygens (including phenoxy) is 1. The molecule has 0 aliphatic rings. The molecule has 3 aromatic carbocycles. The molecule has 1 unspecified atom stereocenters. The van der Waals surface area contributed by atoms with Gasteiger partial charge in [0, 0.05) is 5.56 Å². The van der Waals surface area contributed by atoms with E-state index in [1.165, 1.54) is 26.8 Å². The van der Waals surface area contributed by atoms with E-state index >= 15 is 0 Å². The van der Waals surface area contributed by atoms with Gasteiger partial charge in [0.1, 0.15) is 18.8 Å². The van der Waals surface area contributed by atoms with Crippen LogP contribution in [0.2, 0.25) is 0 Å². The number of fused-ring (bicyclic) bond motifs is 1. The van der Waals surface area contributed by atoms with Crippen molar-refractivity contribution in [2.45, 2.75) is 20.0 Å². The van der Waals surface area contributed by atoms with E-state index in [2.05, 4.69) is 73.7 Å². The Hall–Kier alpha value is -2.32. The minimum absolute atomic E-state index is 0.968. The smallest absolute Gasteiger partial charge is 0.128 e. The summed E-state index contributed by atoms with van der Waals surface area (Å²) in [5.41, 5.74) is 2.68. The Labute approximate surface area is 138 Å². The van der Waals surface area contributed by atoms with Crippen LogP contribution in [-0.2, 0) is 13.1 Å². The number of nitrogens with one attached hydrogen (secondary N) is 1. The van der Waals surface area contributed by atoms with Gasteiger partial charge in [0.15, 0.2) is 0 Å². The average Bonchev–Trinajstić information content (AvgIpc) is 2.62. The minimum Gasteiger partial charge on any atom is -0.496 e. The highest BCUT2D eigenvalue weighted by molar-refractivity contribution is 5.87. The van der Waals surface area contributed by atoms with Gasteiger partial charge in [0.25, 0.3) is 0 Å². The molecular weight excluding hydrogens is 282 g/mol. The van der Waals surface area contributed by atoms with E-state index in [0.29, 0.717) is 0 Å². The number of benzene rings is 3. The molecule has 0 aliphatic heterocycles. The van der Waals surface area contributed by atoms with Crippen LogP contribution in [0.5, 0.6) is 5.75 Å². The van der Waals surface area contributed by atoms with Gasteiger partial charge in [0.05, 0.1) is 19.2 Å². The lowest BCUT2D eigenvalue weighted by Gasteiger charge is -2.20. The predicted molar refractivity (Wildman–Crippen MR) is 95.9 cm³/mol. The Morgan fingerprint density at radius 1 is 0.826 bits per heavy atom. The van der Waals surface area contributed by atoms with Crippen LogP contribution in [0.1, 0.15) is 18.1 Å². The molecular formula is C21H24NO+. The summed E-state index contributed by atoms with van der Waals surface area (Å²) < 4.78 is 5.64. The lowest BCUT2D eigenvalue weighted by Crippen LogP contribution is -3.09. The molecule has 0 saturated carbocycles. The SMILES string of the molecule is CC[NH+](Cc1ccccc1)Cc1c(OC)ccc2ccccc12. The van der Waals surface area contributed by atoms with Gasteiger partial charge in [-0.25, -0.2) is 0 Å². The number of methoxy groups -OCH3 is 1. The Bertz CT molecular complexity index is 767. The lowest BCUT2D eigenvalue weighted by atomic mass is 10.0. The molecule has 0 saturated heterocycles. The van der Waals surface area contributed by atoms with Crippen LogP contribution in [0.4, 0.5) is 0 Å². The van der Waals surface area contributed by atoms with E-state index in [9.17, 15) is 0 Å². The summed E-state index contributed by atoms with van der Waals surface area (Å²) >= 11 is 0. The van der Waals surface area contributed by atoms with E-state index in [1.807, 2.05) is 0 Å². The van der Waals surface area contributed by atoms with Crippen molar-refractivity contribution in [2.24, 2.45) is 0 Å². The average molecular weight is 306 g/mol. The van der Waals surface area contributed by atoms with Gasteiger partial charge >= 0.3 is 0 Å². The highest BCUT2D eigenvalue weighted by Crippen LogP contribution is 2.27. The zero-order valence-electron chi connectivity index (χ0n) is 13.9. The van der Waals surface area contributed by atoms with Crippen molar-refractivity contribution in [3.8, 4) is 5.75 Å². The van der Waals surface area contributed by atoms with Crippen molar-refractivity contribution in [3.63, 3.8) is 0 Å². The molecule has 0 aliphatic carbocycles. The summed E-state index contributed by atoms with van der Waals surface area (Å²) in [5.74, 6) is 0.989. The lowest BCUT2D eigenvalue weighted by molar-refractivity contribution is -0.925. The second-order valence-corrected chi connectivity index (χ2v) is 5.91. The van der Waals surface area contributed by atoms with Crippen LogP contribution < -0.4 is 9.64 Å². The molecule has 1 N–H and O–H groups in total. The summed E-state index contributed by atoms with van der Waals surface area (Å²) in [6.45, 7) is 5.33. The zero-order valence-corrected chi connectivity index (χ0v) is 13.9. The summed E-state index contributed by atoms with van der Waals surface area (Å²) in [5, 5.41) is 2.57. The van der Waals surface area contributed by atoms with E-state index in [1.54, 1.807) is 7.11 Å². The molecule has 118 valence electrons. The highest BCUT2D eigenvalue weighted by Gasteiger charge is 2.15. The Morgan fingerprint density at radius 2 is 1.57 bits per heavy atom. The Morgan fingerprint density at radius 3 is 2.30 bits per heavy atom. The van der Waals surface area contributed by atoms with E-state index in [-0.39, 0.29) is 0 Å². The first-order valence-electron chi connectivity index (χ1n) is 8.24. The third-order valence-electron chi connectivity index (χ3n) is 4.44. The fraction of sp³-hybridized carbons (Fsp3) is 0.238. The summed E-state index contributed by atoms with van der Waals surface area (Å²) in [4.78, 5) is 1.53. The largest absolute Gasteiger partial charge is 0.496 e. The van der Waals surface area contributed by atoms with E-state index in [0.717, 1.165) is 25.4 Å². The topological polar surface area (TPSA) is 13.7 Å². The van der Waals surface area contributed by atoms with Gasteiger partial charge in [-0.3, -0.25) is 0 Å². The fourth-order valence-electron chi connectivity index (χ4n) is 3.14. The van der Waals surface area contributed by atoms with Gasteiger partial charge in [-0.2, -0.15) is 0 Å². The monoisotopic (exact) mass is 306 g/mol. The molecule has 0 fully saturated rings. The van der Waals surface area contributed by atoms with Gasteiger partial charge in [-0.15, -0.1) is 0 Å². The second kappa shape index (κ2) is 7.30. The van der Waals surface area contributed by atoms with Crippen molar-refractivity contribution in [1.29, 1.82) is 0 Å². The molecule has 0 bridgehead atoms. The maximum atomic E-state index is 5.64. The Balaban J connectivity index is 1.92. The van der Waals surface area contributed by atoms with Crippen LogP contribution in [0.25, 0.3) is 10.8 Å². The molecule has 0 amide bonds. The number of rotatable bonds is 6. The molecule has 0 spiro atoms. The van der Waals surface area contributed by atoms with Crippen molar-refractivity contribution < 1.29 is 9.64 Å². The van der Waals surface area contributed by atoms with Crippen LogP contribution in [0, 0.1) is 0 Å². The molecule has 0 radical (unpaired) electrons. The third kappa shape index (κ3) is 3.54. The van der Waals surface area contributed by atoms with Crippen LogP contribution in [0.15, 0.2) is 66.7 Å². The van der Waals surface area contributed by atoms with E-state index in [4.69, 9.17) is 4.74 Å². The number of hydrogen-bond donors (Lipinski definition) is 1. The minimum atomic E-state index is 0.968. The third-order valence-corrected chi connectivity index (χ3v) is 4.44. The van der Waals surface area contributed by atoms with Gasteiger partial charge in [-0.05, 0) is 23.8 Å². The van der Waals surface area contributed by atoms with Crippen molar-refractivity contribution in [3.05, 3.63) is 77.9 Å². The summed E-state index contributed by atoms with van der Waals surface area (Å²) in [6.07, 6.45) is 0. The van der Waals surface area contributed by atoms with E-state index < -0.39 is 0 Å². The first kappa shape index (κ1) is 15.6. The first-order chi connectivity index (χ1) is 11.3. The summed E-state index contributed by atoms with van der Waals surface area (Å²) in [6, 6.07) is 23.5.